The van der Waals surface area contributed by atoms with E-state index in [2.05, 4.69) is 12.1 Å². The van der Waals surface area contributed by atoms with Crippen molar-refractivity contribution in [3.8, 4) is 0 Å². The Morgan fingerprint density at radius 3 is 2.08 bits per heavy atom. The van der Waals surface area contributed by atoms with Gasteiger partial charge in [-0.25, -0.2) is 0 Å². The summed E-state index contributed by atoms with van der Waals surface area (Å²) in [6.45, 7) is 3.95. The highest BCUT2D eigenvalue weighted by molar-refractivity contribution is 5.83. The van der Waals surface area contributed by atoms with Crippen LogP contribution in [-0.4, -0.2) is 41.2 Å². The first-order valence-corrected chi connectivity index (χ1v) is 8.75. The Hall–Kier alpha value is -2.62. The highest BCUT2D eigenvalue weighted by Gasteiger charge is 2.36. The molecule has 4 heteroatoms. The molecule has 0 spiro atoms. The third-order valence-electron chi connectivity index (χ3n) is 4.72. The second-order valence-corrected chi connectivity index (χ2v) is 6.60. The third-order valence-corrected chi connectivity index (χ3v) is 4.72. The van der Waals surface area contributed by atoms with Gasteiger partial charge in [-0.3, -0.25) is 9.59 Å². The molecule has 1 saturated heterocycles. The predicted molar refractivity (Wildman–Crippen MR) is 97.7 cm³/mol. The molecule has 130 valence electrons. The van der Waals surface area contributed by atoms with Gasteiger partial charge in [0.05, 0.1) is 5.92 Å². The number of rotatable bonds is 6. The minimum Gasteiger partial charge on any atom is -0.341 e. The molecular formula is C21H24N2O2. The van der Waals surface area contributed by atoms with Gasteiger partial charge in [0.25, 0.3) is 0 Å². The monoisotopic (exact) mass is 336 g/mol. The normalized spacial score (nSPS) is 14.0. The third kappa shape index (κ3) is 4.47. The zero-order chi connectivity index (χ0) is 17.6. The molecule has 1 aliphatic rings. The Balaban J connectivity index is 1.65. The zero-order valence-corrected chi connectivity index (χ0v) is 14.6. The largest absolute Gasteiger partial charge is 0.341 e. The van der Waals surface area contributed by atoms with E-state index in [1.54, 1.807) is 11.8 Å². The van der Waals surface area contributed by atoms with E-state index in [4.69, 9.17) is 0 Å². The fourth-order valence-corrected chi connectivity index (χ4v) is 3.13. The molecule has 1 aliphatic heterocycles. The summed E-state index contributed by atoms with van der Waals surface area (Å²) in [4.78, 5) is 27.9. The Bertz CT molecular complexity index is 709. The summed E-state index contributed by atoms with van der Waals surface area (Å²) in [5.74, 6) is 0.128. The van der Waals surface area contributed by atoms with E-state index >= 15 is 0 Å². The average molecular weight is 336 g/mol. The standard InChI is InChI=1S/C21H24N2O2/c1-17(24)23-15-20(16-23)21(25)22(14-19-10-6-3-7-11-19)13-12-18-8-4-2-5-9-18/h2-11,20H,12-16H2,1H3. The van der Waals surface area contributed by atoms with Gasteiger partial charge in [-0.1, -0.05) is 60.7 Å². The molecule has 1 fully saturated rings. The number of amides is 2. The SMILES string of the molecule is CC(=O)N1CC(C(=O)N(CCc2ccccc2)Cc2ccccc2)C1. The van der Waals surface area contributed by atoms with E-state index in [-0.39, 0.29) is 17.7 Å². The quantitative estimate of drug-likeness (QED) is 0.814. The highest BCUT2D eigenvalue weighted by atomic mass is 16.2. The van der Waals surface area contributed by atoms with Gasteiger partial charge < -0.3 is 9.80 Å². The number of carbonyl (C=O) groups is 2. The van der Waals surface area contributed by atoms with Crippen LogP contribution in [-0.2, 0) is 22.6 Å². The van der Waals surface area contributed by atoms with Crippen LogP contribution in [0.5, 0.6) is 0 Å². The van der Waals surface area contributed by atoms with E-state index in [1.807, 2.05) is 53.4 Å². The molecule has 0 atom stereocenters. The van der Waals surface area contributed by atoms with Gasteiger partial charge in [-0.15, -0.1) is 0 Å². The molecule has 0 aromatic heterocycles. The van der Waals surface area contributed by atoms with Crippen molar-refractivity contribution in [1.82, 2.24) is 9.80 Å². The van der Waals surface area contributed by atoms with E-state index < -0.39 is 0 Å². The Morgan fingerprint density at radius 2 is 1.52 bits per heavy atom. The number of nitrogens with zero attached hydrogens (tertiary/aromatic N) is 2. The second-order valence-electron chi connectivity index (χ2n) is 6.60. The van der Waals surface area contributed by atoms with Crippen molar-refractivity contribution in [3.05, 3.63) is 71.8 Å². The first kappa shape index (κ1) is 17.2. The molecule has 0 aliphatic carbocycles. The average Bonchev–Trinajstić information content (AvgIpc) is 2.58. The zero-order valence-electron chi connectivity index (χ0n) is 14.6. The fraction of sp³-hybridized carbons (Fsp3) is 0.333. The maximum atomic E-state index is 12.9. The maximum absolute atomic E-state index is 12.9. The van der Waals surface area contributed by atoms with Crippen LogP contribution in [0.4, 0.5) is 0 Å². The van der Waals surface area contributed by atoms with Crippen molar-refractivity contribution >= 4 is 11.8 Å². The van der Waals surface area contributed by atoms with E-state index in [1.165, 1.54) is 5.56 Å². The van der Waals surface area contributed by atoms with Gasteiger partial charge in [-0.2, -0.15) is 0 Å². The van der Waals surface area contributed by atoms with Crippen LogP contribution in [0.3, 0.4) is 0 Å². The summed E-state index contributed by atoms with van der Waals surface area (Å²) in [5.41, 5.74) is 2.36. The van der Waals surface area contributed by atoms with Crippen LogP contribution in [0.2, 0.25) is 0 Å². The van der Waals surface area contributed by atoms with Gasteiger partial charge in [0, 0.05) is 33.1 Å². The molecule has 4 nitrogen and oxygen atoms in total. The Labute approximate surface area is 149 Å². The molecule has 0 radical (unpaired) electrons. The molecule has 2 aromatic rings. The molecule has 25 heavy (non-hydrogen) atoms. The van der Waals surface area contributed by atoms with Gasteiger partial charge in [0.2, 0.25) is 11.8 Å². The van der Waals surface area contributed by atoms with Crippen molar-refractivity contribution in [2.24, 2.45) is 5.92 Å². The Kier molecular flexibility index (Phi) is 5.49. The van der Waals surface area contributed by atoms with Crippen molar-refractivity contribution in [2.75, 3.05) is 19.6 Å². The number of hydrogen-bond donors (Lipinski definition) is 0. The molecule has 1 heterocycles. The molecular weight excluding hydrogens is 312 g/mol. The topological polar surface area (TPSA) is 40.6 Å². The lowest BCUT2D eigenvalue weighted by atomic mass is 9.97. The van der Waals surface area contributed by atoms with Crippen LogP contribution in [0.25, 0.3) is 0 Å². The first-order valence-electron chi connectivity index (χ1n) is 8.75. The summed E-state index contributed by atoms with van der Waals surface area (Å²) < 4.78 is 0. The van der Waals surface area contributed by atoms with Crippen LogP contribution in [0.15, 0.2) is 60.7 Å². The summed E-state index contributed by atoms with van der Waals surface area (Å²) >= 11 is 0. The molecule has 2 amide bonds. The predicted octanol–water partition coefficient (Wildman–Crippen LogP) is 2.74. The summed E-state index contributed by atoms with van der Waals surface area (Å²) in [7, 11) is 0. The van der Waals surface area contributed by atoms with Gasteiger partial charge >= 0.3 is 0 Å². The first-order chi connectivity index (χ1) is 12.1. The number of carbonyl (C=O) groups excluding carboxylic acids is 2. The molecule has 2 aromatic carbocycles. The second kappa shape index (κ2) is 7.97. The Morgan fingerprint density at radius 1 is 0.960 bits per heavy atom. The molecule has 3 rings (SSSR count). The smallest absolute Gasteiger partial charge is 0.229 e. The van der Waals surface area contributed by atoms with Crippen molar-refractivity contribution < 1.29 is 9.59 Å². The number of benzene rings is 2. The fourth-order valence-electron chi connectivity index (χ4n) is 3.13. The minimum atomic E-state index is -0.0663. The van der Waals surface area contributed by atoms with Crippen molar-refractivity contribution in [3.63, 3.8) is 0 Å². The molecule has 0 unspecified atom stereocenters. The van der Waals surface area contributed by atoms with Gasteiger partial charge in [0.1, 0.15) is 0 Å². The maximum Gasteiger partial charge on any atom is 0.229 e. The summed E-state index contributed by atoms with van der Waals surface area (Å²) in [5, 5.41) is 0. The van der Waals surface area contributed by atoms with Crippen LogP contribution < -0.4 is 0 Å². The van der Waals surface area contributed by atoms with E-state index in [0.29, 0.717) is 26.2 Å². The van der Waals surface area contributed by atoms with Crippen molar-refractivity contribution in [2.45, 2.75) is 19.9 Å². The van der Waals surface area contributed by atoms with Crippen LogP contribution >= 0.6 is 0 Å². The molecule has 0 N–H and O–H groups in total. The lowest BCUT2D eigenvalue weighted by molar-refractivity contribution is -0.147. The van der Waals surface area contributed by atoms with E-state index in [0.717, 1.165) is 12.0 Å². The van der Waals surface area contributed by atoms with Crippen LogP contribution in [0.1, 0.15) is 18.1 Å². The molecule has 0 saturated carbocycles. The number of likely N-dealkylation sites (tertiary alicyclic amines) is 1. The van der Waals surface area contributed by atoms with Crippen LogP contribution in [0, 0.1) is 5.92 Å². The van der Waals surface area contributed by atoms with Gasteiger partial charge in [-0.05, 0) is 17.5 Å². The number of hydrogen-bond acceptors (Lipinski definition) is 2. The minimum absolute atomic E-state index is 0.0444. The lowest BCUT2D eigenvalue weighted by Gasteiger charge is -2.40. The van der Waals surface area contributed by atoms with Crippen molar-refractivity contribution in [1.29, 1.82) is 0 Å². The lowest BCUT2D eigenvalue weighted by Crippen LogP contribution is -2.56. The van der Waals surface area contributed by atoms with Gasteiger partial charge in [0.15, 0.2) is 0 Å². The molecule has 0 bridgehead atoms. The summed E-state index contributed by atoms with van der Waals surface area (Å²) in [6.07, 6.45) is 0.836. The summed E-state index contributed by atoms with van der Waals surface area (Å²) in [6, 6.07) is 20.3. The highest BCUT2D eigenvalue weighted by Crippen LogP contribution is 2.20. The van der Waals surface area contributed by atoms with E-state index in [9.17, 15) is 9.59 Å².